The third-order valence-electron chi connectivity index (χ3n) is 4.27. The molecule has 2 amide bonds. The molecule has 0 saturated heterocycles. The molecule has 6 nitrogen and oxygen atoms in total. The Kier molecular flexibility index (Phi) is 4.37. The van der Waals surface area contributed by atoms with Crippen molar-refractivity contribution in [3.05, 3.63) is 57.2 Å². The summed E-state index contributed by atoms with van der Waals surface area (Å²) >= 11 is 2.77. The third-order valence-corrected chi connectivity index (χ3v) is 6.12. The van der Waals surface area contributed by atoms with Crippen molar-refractivity contribution < 1.29 is 9.59 Å². The second-order valence-corrected chi connectivity index (χ2v) is 7.71. The molecule has 1 aliphatic rings. The number of amides is 2. The first kappa shape index (κ1) is 17.0. The maximum Gasteiger partial charge on any atom is 0.272 e. The first-order chi connectivity index (χ1) is 12.6. The number of carbonyl (C=O) groups excluding carboxylic acids is 2. The monoisotopic (exact) mass is 385 g/mol. The largest absolute Gasteiger partial charge is 0.287 e. The molecule has 0 N–H and O–H groups in total. The third kappa shape index (κ3) is 2.65. The summed E-state index contributed by atoms with van der Waals surface area (Å²) in [5.41, 5.74) is 1.54. The normalized spacial score (nSPS) is 13.7. The van der Waals surface area contributed by atoms with Crippen LogP contribution >= 0.6 is 23.1 Å². The summed E-state index contributed by atoms with van der Waals surface area (Å²) < 4.78 is 2.28. The fourth-order valence-electron chi connectivity index (χ4n) is 2.98. The number of rotatable bonds is 5. The van der Waals surface area contributed by atoms with Crippen molar-refractivity contribution in [2.45, 2.75) is 18.6 Å². The molecule has 4 rings (SSSR count). The van der Waals surface area contributed by atoms with E-state index in [9.17, 15) is 14.4 Å². The molecule has 0 fully saturated rings. The Labute approximate surface area is 157 Å². The van der Waals surface area contributed by atoms with Crippen LogP contribution in [0.1, 0.15) is 27.6 Å². The van der Waals surface area contributed by atoms with E-state index in [1.807, 2.05) is 18.4 Å². The quantitative estimate of drug-likeness (QED) is 0.384. The van der Waals surface area contributed by atoms with E-state index in [4.69, 9.17) is 0 Å². The zero-order valence-corrected chi connectivity index (χ0v) is 15.6. The number of benzene rings is 1. The highest BCUT2D eigenvalue weighted by molar-refractivity contribution is 7.99. The summed E-state index contributed by atoms with van der Waals surface area (Å²) in [6, 6.07) is 8.67. The Bertz CT molecular complexity index is 1050. The van der Waals surface area contributed by atoms with E-state index in [0.717, 1.165) is 0 Å². The van der Waals surface area contributed by atoms with Crippen molar-refractivity contribution in [1.29, 1.82) is 0 Å². The van der Waals surface area contributed by atoms with Crippen LogP contribution in [0.3, 0.4) is 0 Å². The molecule has 0 bridgehead atoms. The van der Waals surface area contributed by atoms with Gasteiger partial charge in [0.2, 0.25) is 0 Å². The summed E-state index contributed by atoms with van der Waals surface area (Å²) in [5.74, 6) is -0.0475. The number of nitrogens with zero attached hydrogens (tertiary/aromatic N) is 3. The average molecular weight is 385 g/mol. The van der Waals surface area contributed by atoms with Gasteiger partial charge in [0.05, 0.1) is 16.6 Å². The van der Waals surface area contributed by atoms with Gasteiger partial charge in [-0.2, -0.15) is 0 Å². The fourth-order valence-corrected chi connectivity index (χ4v) is 4.75. The molecule has 0 saturated carbocycles. The van der Waals surface area contributed by atoms with Crippen molar-refractivity contribution in [3.8, 4) is 0 Å². The van der Waals surface area contributed by atoms with Gasteiger partial charge < -0.3 is 0 Å². The molecule has 26 heavy (non-hydrogen) atoms. The van der Waals surface area contributed by atoms with Gasteiger partial charge in [0.1, 0.15) is 4.70 Å². The molecular weight excluding hydrogens is 370 g/mol. The lowest BCUT2D eigenvalue weighted by molar-refractivity contribution is 0.0664. The van der Waals surface area contributed by atoms with Crippen molar-refractivity contribution >= 4 is 45.1 Å². The lowest BCUT2D eigenvalue weighted by Gasteiger charge is -2.14. The molecule has 0 atom stereocenters. The molecule has 3 aromatic rings. The van der Waals surface area contributed by atoms with Crippen molar-refractivity contribution in [1.82, 2.24) is 14.5 Å². The van der Waals surface area contributed by atoms with E-state index in [1.54, 1.807) is 28.8 Å². The van der Waals surface area contributed by atoms with Gasteiger partial charge in [-0.25, -0.2) is 4.98 Å². The minimum atomic E-state index is -0.264. The lowest BCUT2D eigenvalue weighted by Crippen LogP contribution is -2.32. The van der Waals surface area contributed by atoms with Gasteiger partial charge in [0.15, 0.2) is 5.16 Å². The highest BCUT2D eigenvalue weighted by Gasteiger charge is 2.34. The van der Waals surface area contributed by atoms with E-state index >= 15 is 0 Å². The fraction of sp³-hybridized carbons (Fsp3) is 0.222. The minimum Gasteiger partial charge on any atom is -0.287 e. The molecule has 0 spiro atoms. The van der Waals surface area contributed by atoms with Crippen LogP contribution in [-0.4, -0.2) is 38.6 Å². The summed E-state index contributed by atoms with van der Waals surface area (Å²) in [6.07, 6.45) is 0. The summed E-state index contributed by atoms with van der Waals surface area (Å²) in [6.45, 7) is 2.70. The second-order valence-electron chi connectivity index (χ2n) is 5.73. The maximum absolute atomic E-state index is 12.5. The highest BCUT2D eigenvalue weighted by Crippen LogP contribution is 2.24. The number of aromatic nitrogens is 2. The zero-order chi connectivity index (χ0) is 18.3. The molecule has 2 aromatic heterocycles. The van der Waals surface area contributed by atoms with E-state index < -0.39 is 0 Å². The van der Waals surface area contributed by atoms with Crippen LogP contribution in [-0.2, 0) is 6.54 Å². The second kappa shape index (κ2) is 6.69. The Morgan fingerprint density at radius 2 is 1.77 bits per heavy atom. The van der Waals surface area contributed by atoms with Crippen LogP contribution in [0.15, 0.2) is 45.7 Å². The first-order valence-electron chi connectivity index (χ1n) is 8.18. The van der Waals surface area contributed by atoms with Gasteiger partial charge in [-0.05, 0) is 30.5 Å². The number of thioether (sulfide) groups is 1. The van der Waals surface area contributed by atoms with Gasteiger partial charge in [-0.3, -0.25) is 23.9 Å². The number of carbonyl (C=O) groups is 2. The number of hydrogen-bond acceptors (Lipinski definition) is 6. The van der Waals surface area contributed by atoms with E-state index in [1.165, 1.54) is 28.0 Å². The molecule has 132 valence electrons. The standard InChI is InChI=1S/C18H15N3O3S2/c1-2-20-17(24)14-13(7-9-25-14)19-18(20)26-10-8-21-15(22)11-5-3-4-6-12(11)16(21)23/h3-7,9H,2,8,10H2,1H3. The number of hydrogen-bond donors (Lipinski definition) is 0. The Morgan fingerprint density at radius 3 is 2.42 bits per heavy atom. The van der Waals surface area contributed by atoms with Crippen molar-refractivity contribution in [3.63, 3.8) is 0 Å². The van der Waals surface area contributed by atoms with E-state index in [0.29, 0.717) is 38.8 Å². The number of imide groups is 1. The van der Waals surface area contributed by atoms with Gasteiger partial charge in [-0.15, -0.1) is 11.3 Å². The Morgan fingerprint density at radius 1 is 1.08 bits per heavy atom. The number of fused-ring (bicyclic) bond motifs is 2. The van der Waals surface area contributed by atoms with Gasteiger partial charge in [-0.1, -0.05) is 23.9 Å². The van der Waals surface area contributed by atoms with Gasteiger partial charge in [0.25, 0.3) is 17.4 Å². The first-order valence-corrected chi connectivity index (χ1v) is 10.0. The van der Waals surface area contributed by atoms with Crippen LogP contribution in [0.25, 0.3) is 10.2 Å². The minimum absolute atomic E-state index is 0.0456. The van der Waals surface area contributed by atoms with Crippen LogP contribution < -0.4 is 5.56 Å². The average Bonchev–Trinajstić information content (AvgIpc) is 3.21. The van der Waals surface area contributed by atoms with Gasteiger partial charge >= 0.3 is 0 Å². The molecule has 1 aromatic carbocycles. The molecule has 1 aliphatic heterocycles. The maximum atomic E-state index is 12.5. The topological polar surface area (TPSA) is 72.3 Å². The summed E-state index contributed by atoms with van der Waals surface area (Å²) in [5, 5.41) is 2.46. The Balaban J connectivity index is 1.53. The Hall–Kier alpha value is -2.45. The molecule has 0 aliphatic carbocycles. The zero-order valence-electron chi connectivity index (χ0n) is 14.0. The van der Waals surface area contributed by atoms with E-state index in [2.05, 4.69) is 4.98 Å². The molecular formula is C18H15N3O3S2. The van der Waals surface area contributed by atoms with Crippen LogP contribution in [0, 0.1) is 0 Å². The lowest BCUT2D eigenvalue weighted by atomic mass is 10.1. The van der Waals surface area contributed by atoms with Gasteiger partial charge in [0, 0.05) is 18.8 Å². The predicted octanol–water partition coefficient (Wildman–Crippen LogP) is 2.87. The molecule has 0 unspecified atom stereocenters. The van der Waals surface area contributed by atoms with Crippen molar-refractivity contribution in [2.75, 3.05) is 12.3 Å². The van der Waals surface area contributed by atoms with Crippen LogP contribution in [0.2, 0.25) is 0 Å². The summed E-state index contributed by atoms with van der Waals surface area (Å²) in [7, 11) is 0. The highest BCUT2D eigenvalue weighted by atomic mass is 32.2. The molecule has 8 heteroatoms. The van der Waals surface area contributed by atoms with Crippen LogP contribution in [0.5, 0.6) is 0 Å². The predicted molar refractivity (Wildman–Crippen MR) is 102 cm³/mol. The summed E-state index contributed by atoms with van der Waals surface area (Å²) in [4.78, 5) is 43.1. The molecule has 3 heterocycles. The van der Waals surface area contributed by atoms with E-state index in [-0.39, 0.29) is 23.9 Å². The van der Waals surface area contributed by atoms with Crippen molar-refractivity contribution in [2.24, 2.45) is 0 Å². The van der Waals surface area contributed by atoms with Crippen LogP contribution in [0.4, 0.5) is 0 Å². The SMILES string of the molecule is CCn1c(SCCN2C(=O)c3ccccc3C2=O)nc2ccsc2c1=O. The number of thiophene rings is 1. The smallest absolute Gasteiger partial charge is 0.272 e. The molecule has 0 radical (unpaired) electrons.